The maximum Gasteiger partial charge on any atom is 0.178 e. The zero-order valence-electron chi connectivity index (χ0n) is 7.04. The van der Waals surface area contributed by atoms with Gasteiger partial charge in [-0.1, -0.05) is 56.1 Å². The minimum atomic E-state index is -0.454. The van der Waals surface area contributed by atoms with Gasteiger partial charge in [-0.25, -0.2) is 0 Å². The summed E-state index contributed by atoms with van der Waals surface area (Å²) in [5.74, 6) is -0.0795. The fraction of sp³-hybridized carbons (Fsp3) is 0.200. The molecule has 1 aliphatic carbocycles. The first-order valence-corrected chi connectivity index (χ1v) is 5.91. The fourth-order valence-electron chi connectivity index (χ4n) is 1.48. The minimum absolute atomic E-state index is 0.0397. The molecule has 2 nitrogen and oxygen atoms in total. The summed E-state index contributed by atoms with van der Waals surface area (Å²) in [5.41, 5.74) is 1.02. The Morgan fingerprint density at radius 3 is 1.57 bits per heavy atom. The largest absolute Gasteiger partial charge is 0.293 e. The molecule has 0 saturated carbocycles. The number of halogens is 2. The first kappa shape index (κ1) is 10.1. The second kappa shape index (κ2) is 3.59. The molecule has 0 heterocycles. The molecule has 0 radical (unpaired) electrons. The molecule has 1 aromatic carbocycles. The summed E-state index contributed by atoms with van der Waals surface area (Å²) in [6.45, 7) is 0. The predicted octanol–water partition coefficient (Wildman–Crippen LogP) is 2.59. The Labute approximate surface area is 97.9 Å². The summed E-state index contributed by atoms with van der Waals surface area (Å²) in [6, 6.07) is 6.89. The van der Waals surface area contributed by atoms with Crippen LogP contribution in [0.2, 0.25) is 0 Å². The number of benzene rings is 1. The van der Waals surface area contributed by atoms with E-state index in [-0.39, 0.29) is 11.6 Å². The lowest BCUT2D eigenvalue weighted by Crippen LogP contribution is -2.37. The second-order valence-corrected chi connectivity index (χ2v) is 5.05. The summed E-state index contributed by atoms with van der Waals surface area (Å²) >= 11 is 6.42. The van der Waals surface area contributed by atoms with E-state index in [0.29, 0.717) is 11.1 Å². The van der Waals surface area contributed by atoms with Crippen molar-refractivity contribution in [1.29, 1.82) is 0 Å². The molecule has 1 aliphatic rings. The van der Waals surface area contributed by atoms with Crippen LogP contribution < -0.4 is 0 Å². The van der Waals surface area contributed by atoms with Gasteiger partial charge in [-0.05, 0) is 0 Å². The number of hydrogen-bond acceptors (Lipinski definition) is 2. The monoisotopic (exact) mass is 316 g/mol. The molecule has 4 heteroatoms. The van der Waals surface area contributed by atoms with Gasteiger partial charge in [0, 0.05) is 11.1 Å². The van der Waals surface area contributed by atoms with Gasteiger partial charge in [-0.2, -0.15) is 0 Å². The molecule has 0 spiro atoms. The maximum atomic E-state index is 11.7. The van der Waals surface area contributed by atoms with Gasteiger partial charge in [0.2, 0.25) is 0 Å². The molecule has 14 heavy (non-hydrogen) atoms. The first-order valence-electron chi connectivity index (χ1n) is 4.08. The molecule has 0 aromatic heterocycles. The predicted molar refractivity (Wildman–Crippen MR) is 60.5 cm³/mol. The number of fused-ring (bicyclic) bond motifs is 1. The van der Waals surface area contributed by atoms with E-state index in [1.165, 1.54) is 0 Å². The van der Waals surface area contributed by atoms with E-state index in [4.69, 9.17) is 0 Å². The lowest BCUT2D eigenvalue weighted by atomic mass is 9.89. The standard InChI is InChI=1S/C10H6Br2O2/c11-7-8(12)10(14)6-4-2-1-3-5(6)9(7)13/h1-4,7-8H/t7-,8-/m0/s1. The number of carbonyl (C=O) groups is 2. The van der Waals surface area contributed by atoms with Crippen molar-refractivity contribution in [2.75, 3.05) is 0 Å². The highest BCUT2D eigenvalue weighted by Gasteiger charge is 2.37. The number of ketones is 2. The van der Waals surface area contributed by atoms with Crippen LogP contribution in [0.4, 0.5) is 0 Å². The molecule has 0 fully saturated rings. The Morgan fingerprint density at radius 2 is 1.21 bits per heavy atom. The van der Waals surface area contributed by atoms with E-state index in [2.05, 4.69) is 31.9 Å². The van der Waals surface area contributed by atoms with Crippen LogP contribution in [-0.4, -0.2) is 21.2 Å². The summed E-state index contributed by atoms with van der Waals surface area (Å²) in [5, 5.41) is 0. The van der Waals surface area contributed by atoms with Gasteiger partial charge >= 0.3 is 0 Å². The Kier molecular flexibility index (Phi) is 2.58. The molecular weight excluding hydrogens is 312 g/mol. The number of rotatable bonds is 0. The maximum absolute atomic E-state index is 11.7. The van der Waals surface area contributed by atoms with Gasteiger partial charge in [-0.3, -0.25) is 9.59 Å². The van der Waals surface area contributed by atoms with Crippen LogP contribution in [0, 0.1) is 0 Å². The van der Waals surface area contributed by atoms with E-state index in [9.17, 15) is 9.59 Å². The fourth-order valence-corrected chi connectivity index (χ4v) is 2.45. The number of hydrogen-bond donors (Lipinski definition) is 0. The van der Waals surface area contributed by atoms with Crippen LogP contribution in [0.15, 0.2) is 24.3 Å². The zero-order chi connectivity index (χ0) is 10.3. The van der Waals surface area contributed by atoms with Crippen LogP contribution in [0.3, 0.4) is 0 Å². The lowest BCUT2D eigenvalue weighted by molar-refractivity contribution is 0.0907. The summed E-state index contributed by atoms with van der Waals surface area (Å²) < 4.78 is 0. The molecule has 0 bridgehead atoms. The second-order valence-electron chi connectivity index (χ2n) is 3.08. The Balaban J connectivity index is 2.62. The van der Waals surface area contributed by atoms with Crippen molar-refractivity contribution < 1.29 is 9.59 Å². The van der Waals surface area contributed by atoms with Crippen molar-refractivity contribution in [1.82, 2.24) is 0 Å². The zero-order valence-corrected chi connectivity index (χ0v) is 10.2. The van der Waals surface area contributed by atoms with Crippen LogP contribution in [0.5, 0.6) is 0 Å². The number of carbonyl (C=O) groups excluding carboxylic acids is 2. The van der Waals surface area contributed by atoms with E-state index in [1.807, 2.05) is 0 Å². The van der Waals surface area contributed by atoms with Crippen molar-refractivity contribution in [2.45, 2.75) is 9.65 Å². The van der Waals surface area contributed by atoms with Crippen LogP contribution in [0.1, 0.15) is 20.7 Å². The molecule has 0 unspecified atom stereocenters. The van der Waals surface area contributed by atoms with E-state index < -0.39 is 9.65 Å². The molecule has 0 amide bonds. The molecular formula is C10H6Br2O2. The van der Waals surface area contributed by atoms with E-state index >= 15 is 0 Å². The van der Waals surface area contributed by atoms with Crippen molar-refractivity contribution in [3.05, 3.63) is 35.4 Å². The van der Waals surface area contributed by atoms with Crippen LogP contribution in [-0.2, 0) is 0 Å². The van der Waals surface area contributed by atoms with Crippen molar-refractivity contribution >= 4 is 43.4 Å². The molecule has 0 N–H and O–H groups in total. The highest BCUT2D eigenvalue weighted by Crippen LogP contribution is 2.30. The van der Waals surface area contributed by atoms with Crippen LogP contribution in [0.25, 0.3) is 0 Å². The third-order valence-corrected chi connectivity index (χ3v) is 4.81. The molecule has 0 aliphatic heterocycles. The minimum Gasteiger partial charge on any atom is -0.293 e. The van der Waals surface area contributed by atoms with Gasteiger partial charge in [0.05, 0.1) is 9.65 Å². The molecule has 2 atom stereocenters. The summed E-state index contributed by atoms with van der Waals surface area (Å²) in [4.78, 5) is 22.6. The van der Waals surface area contributed by atoms with Gasteiger partial charge in [0.15, 0.2) is 11.6 Å². The quantitative estimate of drug-likeness (QED) is 0.689. The lowest BCUT2D eigenvalue weighted by Gasteiger charge is -2.22. The van der Waals surface area contributed by atoms with Gasteiger partial charge in [0.1, 0.15) is 0 Å². The van der Waals surface area contributed by atoms with Gasteiger partial charge in [-0.15, -0.1) is 0 Å². The van der Waals surface area contributed by atoms with Crippen molar-refractivity contribution in [3.8, 4) is 0 Å². The Hall–Kier alpha value is -0.480. The summed E-state index contributed by atoms with van der Waals surface area (Å²) in [7, 11) is 0. The van der Waals surface area contributed by atoms with Gasteiger partial charge in [0.25, 0.3) is 0 Å². The number of Topliss-reactive ketones (excluding diaryl/α,β-unsaturated/α-hetero) is 2. The SMILES string of the molecule is O=C1c2ccccc2C(=O)[C@@H](Br)[C@@H]1Br. The molecule has 2 rings (SSSR count). The van der Waals surface area contributed by atoms with E-state index in [1.54, 1.807) is 24.3 Å². The molecule has 0 saturated heterocycles. The topological polar surface area (TPSA) is 34.1 Å². The molecule has 72 valence electrons. The Morgan fingerprint density at radius 1 is 0.857 bits per heavy atom. The highest BCUT2D eigenvalue weighted by molar-refractivity contribution is 9.12. The third kappa shape index (κ3) is 1.37. The van der Waals surface area contributed by atoms with Crippen LogP contribution >= 0.6 is 31.9 Å². The summed E-state index contributed by atoms with van der Waals surface area (Å²) in [6.07, 6.45) is 0. The van der Waals surface area contributed by atoms with Crippen molar-refractivity contribution in [2.24, 2.45) is 0 Å². The smallest absolute Gasteiger partial charge is 0.178 e. The van der Waals surface area contributed by atoms with E-state index in [0.717, 1.165) is 0 Å². The van der Waals surface area contributed by atoms with Crippen molar-refractivity contribution in [3.63, 3.8) is 0 Å². The first-order chi connectivity index (χ1) is 6.63. The average molecular weight is 318 g/mol. The normalized spacial score (nSPS) is 26.1. The Bertz CT molecular complexity index is 375. The number of alkyl halides is 2. The average Bonchev–Trinajstić information content (AvgIpc) is 2.23. The molecule has 1 aromatic rings. The third-order valence-electron chi connectivity index (χ3n) is 2.22. The highest BCUT2D eigenvalue weighted by atomic mass is 79.9. The van der Waals surface area contributed by atoms with Gasteiger partial charge < -0.3 is 0 Å².